The number of nitriles is 1. The molecule has 1 fully saturated rings. The number of benzene rings is 1. The summed E-state index contributed by atoms with van der Waals surface area (Å²) in [6.45, 7) is 3.14. The molecular formula is C11H14N4O. The van der Waals surface area contributed by atoms with Crippen LogP contribution in [0.1, 0.15) is 5.56 Å². The summed E-state index contributed by atoms with van der Waals surface area (Å²) in [7, 11) is 0. The van der Waals surface area contributed by atoms with E-state index in [0.29, 0.717) is 11.3 Å². The first-order valence-corrected chi connectivity index (χ1v) is 5.18. The molecule has 0 saturated carbocycles. The first-order chi connectivity index (χ1) is 7.79. The van der Waals surface area contributed by atoms with Gasteiger partial charge in [-0.1, -0.05) is 0 Å². The molecule has 1 aromatic carbocycles. The van der Waals surface area contributed by atoms with Crippen molar-refractivity contribution < 1.29 is 4.74 Å². The lowest BCUT2D eigenvalue weighted by Crippen LogP contribution is -2.40. The van der Waals surface area contributed by atoms with E-state index in [9.17, 15) is 0 Å². The van der Waals surface area contributed by atoms with Gasteiger partial charge in [0.1, 0.15) is 6.07 Å². The first kappa shape index (κ1) is 10.7. The highest BCUT2D eigenvalue weighted by Crippen LogP contribution is 2.17. The van der Waals surface area contributed by atoms with Gasteiger partial charge in [-0.3, -0.25) is 0 Å². The fraction of sp³-hybridized carbons (Fsp3) is 0.364. The lowest BCUT2D eigenvalue weighted by Gasteiger charge is -2.28. The Morgan fingerprint density at radius 3 is 2.81 bits per heavy atom. The zero-order valence-corrected chi connectivity index (χ0v) is 8.94. The van der Waals surface area contributed by atoms with E-state index in [1.807, 2.05) is 6.07 Å². The van der Waals surface area contributed by atoms with Crippen LogP contribution >= 0.6 is 0 Å². The number of nitrogens with one attached hydrogen (secondary N) is 1. The predicted octanol–water partition coefficient (Wildman–Crippen LogP) is 0.800. The number of ether oxygens (including phenoxy) is 1. The zero-order chi connectivity index (χ0) is 11.4. The van der Waals surface area contributed by atoms with Crippen LogP contribution in [0.5, 0.6) is 0 Å². The van der Waals surface area contributed by atoms with Crippen molar-refractivity contribution in [3.63, 3.8) is 0 Å². The topological polar surface area (TPSA) is 74.3 Å². The number of nitrogens with zero attached hydrogens (tertiary/aromatic N) is 2. The summed E-state index contributed by atoms with van der Waals surface area (Å²) in [6.07, 6.45) is 0. The van der Waals surface area contributed by atoms with E-state index in [-0.39, 0.29) is 0 Å². The number of anilines is 2. The van der Waals surface area contributed by atoms with Gasteiger partial charge in [0.2, 0.25) is 0 Å². The standard InChI is InChI=1S/C11H14N4O/c12-8-9-7-10(1-2-11(9)13)14-15-3-5-16-6-4-15/h1-2,7,14H,3-6,13H2. The molecule has 3 N–H and O–H groups in total. The summed E-state index contributed by atoms with van der Waals surface area (Å²) in [5.41, 5.74) is 10.8. The Balaban J connectivity index is 2.06. The average molecular weight is 218 g/mol. The molecule has 84 valence electrons. The molecule has 2 rings (SSSR count). The molecule has 1 aliphatic heterocycles. The van der Waals surface area contributed by atoms with Crippen LogP contribution in [-0.4, -0.2) is 31.3 Å². The second-order valence-corrected chi connectivity index (χ2v) is 3.63. The molecule has 1 saturated heterocycles. The molecule has 0 spiro atoms. The summed E-state index contributed by atoms with van der Waals surface area (Å²) < 4.78 is 5.25. The zero-order valence-electron chi connectivity index (χ0n) is 8.94. The van der Waals surface area contributed by atoms with Crippen molar-refractivity contribution in [2.24, 2.45) is 0 Å². The van der Waals surface area contributed by atoms with Crippen LogP contribution in [0.3, 0.4) is 0 Å². The van der Waals surface area contributed by atoms with E-state index in [1.165, 1.54) is 0 Å². The molecule has 1 heterocycles. The van der Waals surface area contributed by atoms with Gasteiger partial charge in [0.05, 0.1) is 24.5 Å². The maximum absolute atomic E-state index is 8.86. The molecule has 0 aromatic heterocycles. The molecule has 1 aromatic rings. The highest BCUT2D eigenvalue weighted by Gasteiger charge is 2.10. The van der Waals surface area contributed by atoms with E-state index < -0.39 is 0 Å². The molecule has 5 nitrogen and oxygen atoms in total. The molecule has 0 bridgehead atoms. The molecule has 0 amide bonds. The molecule has 0 radical (unpaired) electrons. The van der Waals surface area contributed by atoms with Gasteiger partial charge in [-0.25, -0.2) is 5.01 Å². The second kappa shape index (κ2) is 4.84. The van der Waals surface area contributed by atoms with Crippen LogP contribution < -0.4 is 11.2 Å². The van der Waals surface area contributed by atoms with Crippen molar-refractivity contribution >= 4 is 11.4 Å². The number of nitrogens with two attached hydrogens (primary N) is 1. The molecule has 0 unspecified atom stereocenters. The SMILES string of the molecule is N#Cc1cc(NN2CCOCC2)ccc1N. The summed E-state index contributed by atoms with van der Waals surface area (Å²) in [4.78, 5) is 0. The minimum atomic E-state index is 0.498. The molecular weight excluding hydrogens is 204 g/mol. The Morgan fingerprint density at radius 1 is 1.38 bits per heavy atom. The predicted molar refractivity (Wildman–Crippen MR) is 61.6 cm³/mol. The number of rotatable bonds is 2. The summed E-state index contributed by atoms with van der Waals surface area (Å²) in [5, 5.41) is 10.9. The quantitative estimate of drug-likeness (QED) is 0.718. The molecule has 5 heteroatoms. The van der Waals surface area contributed by atoms with Crippen molar-refractivity contribution in [1.29, 1.82) is 5.26 Å². The van der Waals surface area contributed by atoms with E-state index in [1.54, 1.807) is 12.1 Å². The van der Waals surface area contributed by atoms with Crippen LogP contribution in [0, 0.1) is 11.3 Å². The Bertz CT molecular complexity index is 407. The van der Waals surface area contributed by atoms with Crippen LogP contribution in [0.2, 0.25) is 0 Å². The van der Waals surface area contributed by atoms with Crippen LogP contribution in [0.15, 0.2) is 18.2 Å². The summed E-state index contributed by atoms with van der Waals surface area (Å²) in [5.74, 6) is 0. The summed E-state index contributed by atoms with van der Waals surface area (Å²) in [6, 6.07) is 7.42. The van der Waals surface area contributed by atoms with E-state index in [4.69, 9.17) is 15.7 Å². The third kappa shape index (κ3) is 2.42. The second-order valence-electron chi connectivity index (χ2n) is 3.63. The van der Waals surface area contributed by atoms with E-state index in [0.717, 1.165) is 32.0 Å². The summed E-state index contributed by atoms with van der Waals surface area (Å²) >= 11 is 0. The van der Waals surface area contributed by atoms with Gasteiger partial charge in [-0.15, -0.1) is 0 Å². The van der Waals surface area contributed by atoms with Crippen molar-refractivity contribution in [1.82, 2.24) is 5.01 Å². The Hall–Kier alpha value is -1.77. The number of hydrogen-bond acceptors (Lipinski definition) is 5. The highest BCUT2D eigenvalue weighted by molar-refractivity contribution is 5.61. The van der Waals surface area contributed by atoms with Crippen LogP contribution in [0.25, 0.3) is 0 Å². The van der Waals surface area contributed by atoms with Gasteiger partial charge >= 0.3 is 0 Å². The lowest BCUT2D eigenvalue weighted by atomic mass is 10.2. The Morgan fingerprint density at radius 2 is 2.12 bits per heavy atom. The van der Waals surface area contributed by atoms with Gasteiger partial charge in [0.15, 0.2) is 0 Å². The molecule has 16 heavy (non-hydrogen) atoms. The first-order valence-electron chi connectivity index (χ1n) is 5.18. The molecule has 0 aliphatic carbocycles. The maximum atomic E-state index is 8.86. The van der Waals surface area contributed by atoms with Gasteiger partial charge in [0, 0.05) is 18.8 Å². The van der Waals surface area contributed by atoms with Crippen molar-refractivity contribution in [3.8, 4) is 6.07 Å². The van der Waals surface area contributed by atoms with Crippen LogP contribution in [0.4, 0.5) is 11.4 Å². The van der Waals surface area contributed by atoms with Gasteiger partial charge in [-0.05, 0) is 18.2 Å². The third-order valence-electron chi connectivity index (χ3n) is 2.47. The number of nitrogen functional groups attached to an aromatic ring is 1. The Labute approximate surface area is 94.4 Å². The van der Waals surface area contributed by atoms with E-state index in [2.05, 4.69) is 16.5 Å². The number of hydrazine groups is 1. The average Bonchev–Trinajstić information content (AvgIpc) is 2.33. The van der Waals surface area contributed by atoms with Crippen molar-refractivity contribution in [2.75, 3.05) is 37.5 Å². The number of hydrogen-bond donors (Lipinski definition) is 2. The maximum Gasteiger partial charge on any atom is 0.101 e. The minimum absolute atomic E-state index is 0.498. The largest absolute Gasteiger partial charge is 0.398 e. The molecule has 1 aliphatic rings. The lowest BCUT2D eigenvalue weighted by molar-refractivity contribution is 0.0497. The van der Waals surface area contributed by atoms with Gasteiger partial charge in [0.25, 0.3) is 0 Å². The monoisotopic (exact) mass is 218 g/mol. The van der Waals surface area contributed by atoms with Crippen LogP contribution in [-0.2, 0) is 4.74 Å². The molecule has 0 atom stereocenters. The fourth-order valence-electron chi connectivity index (χ4n) is 1.58. The highest BCUT2D eigenvalue weighted by atomic mass is 16.5. The smallest absolute Gasteiger partial charge is 0.101 e. The third-order valence-corrected chi connectivity index (χ3v) is 2.47. The minimum Gasteiger partial charge on any atom is -0.398 e. The van der Waals surface area contributed by atoms with Gasteiger partial charge in [-0.2, -0.15) is 5.26 Å². The van der Waals surface area contributed by atoms with E-state index >= 15 is 0 Å². The van der Waals surface area contributed by atoms with Gasteiger partial charge < -0.3 is 15.9 Å². The fourth-order valence-corrected chi connectivity index (χ4v) is 1.58. The Kier molecular flexibility index (Phi) is 3.25. The van der Waals surface area contributed by atoms with Crippen molar-refractivity contribution in [3.05, 3.63) is 23.8 Å². The van der Waals surface area contributed by atoms with Crippen molar-refractivity contribution in [2.45, 2.75) is 0 Å². The number of morpholine rings is 1. The normalized spacial score (nSPS) is 16.7.